The molecule has 0 heterocycles. The van der Waals surface area contributed by atoms with Gasteiger partial charge in [0.1, 0.15) is 5.76 Å². The molecule has 1 heteroatoms. The van der Waals surface area contributed by atoms with Crippen LogP contribution < -0.4 is 0 Å². The summed E-state index contributed by atoms with van der Waals surface area (Å²) in [6.45, 7) is 19.5. The van der Waals surface area contributed by atoms with Crippen LogP contribution in [0.4, 0.5) is 0 Å². The van der Waals surface area contributed by atoms with Gasteiger partial charge in [0.25, 0.3) is 0 Å². The molecule has 0 bridgehead atoms. The zero-order valence-corrected chi connectivity index (χ0v) is 11.3. The van der Waals surface area contributed by atoms with Crippen molar-refractivity contribution in [3.63, 3.8) is 0 Å². The van der Waals surface area contributed by atoms with Crippen molar-refractivity contribution in [2.75, 3.05) is 6.61 Å². The summed E-state index contributed by atoms with van der Waals surface area (Å²) in [5, 5.41) is 0. The molecule has 94 valence electrons. The van der Waals surface area contributed by atoms with E-state index in [0.29, 0.717) is 17.9 Å². The predicted molar refractivity (Wildman–Crippen MR) is 79.9 cm³/mol. The first-order valence-corrected chi connectivity index (χ1v) is 5.69. The second-order valence-electron chi connectivity index (χ2n) is 3.71. The zero-order chi connectivity index (χ0) is 14.0. The lowest BCUT2D eigenvalue weighted by molar-refractivity contribution is 0.244. The van der Waals surface area contributed by atoms with Crippen LogP contribution in [0, 0.1) is 11.8 Å². The monoisotopic (exact) mass is 240 g/mol. The number of hydrogen-bond donors (Lipinski definition) is 0. The van der Waals surface area contributed by atoms with Gasteiger partial charge in [-0.3, -0.25) is 0 Å². The van der Waals surface area contributed by atoms with Gasteiger partial charge in [0.15, 0.2) is 0 Å². The van der Waals surface area contributed by atoms with Crippen molar-refractivity contribution in [1.29, 1.82) is 0 Å². The average molecular weight is 240 g/mol. The highest BCUT2D eigenvalue weighted by atomic mass is 16.5. The average Bonchev–Trinajstić information content (AvgIpc) is 2.31. The Bertz CT molecular complexity index is 462. The third-order valence-electron chi connectivity index (χ3n) is 1.75. The number of allylic oxidation sites excluding steroid dienone is 7. The molecule has 0 aromatic carbocycles. The van der Waals surface area contributed by atoms with Gasteiger partial charge in [0.05, 0.1) is 6.61 Å². The van der Waals surface area contributed by atoms with Gasteiger partial charge in [-0.2, -0.15) is 0 Å². The molecular weight excluding hydrogens is 220 g/mol. The minimum absolute atomic E-state index is 0.599. The summed E-state index contributed by atoms with van der Waals surface area (Å²) < 4.78 is 5.17. The number of hydrogen-bond acceptors (Lipinski definition) is 1. The molecule has 0 aliphatic heterocycles. The van der Waals surface area contributed by atoms with E-state index >= 15 is 0 Å². The van der Waals surface area contributed by atoms with Crippen molar-refractivity contribution in [1.82, 2.24) is 0 Å². The Morgan fingerprint density at radius 3 is 1.89 bits per heavy atom. The SMILES string of the molecule is C=C(C)/C=C\C(=C)C#CC(=C)/C=C\C(=C)OCC. The maximum atomic E-state index is 5.17. The summed E-state index contributed by atoms with van der Waals surface area (Å²) in [7, 11) is 0. The fourth-order valence-electron chi connectivity index (χ4n) is 0.914. The quantitative estimate of drug-likeness (QED) is 0.381. The van der Waals surface area contributed by atoms with Crippen LogP contribution in [0.5, 0.6) is 0 Å². The van der Waals surface area contributed by atoms with Crippen LogP contribution in [-0.4, -0.2) is 6.61 Å². The molecular formula is C17H20O. The van der Waals surface area contributed by atoms with Gasteiger partial charge in [-0.15, -0.1) is 0 Å². The third-order valence-corrected chi connectivity index (χ3v) is 1.75. The van der Waals surface area contributed by atoms with Gasteiger partial charge in [-0.1, -0.05) is 49.8 Å². The van der Waals surface area contributed by atoms with E-state index in [1.807, 2.05) is 26.0 Å². The summed E-state index contributed by atoms with van der Waals surface area (Å²) in [6, 6.07) is 0. The second-order valence-corrected chi connectivity index (χ2v) is 3.71. The molecule has 0 radical (unpaired) electrons. The smallest absolute Gasteiger partial charge is 0.112 e. The van der Waals surface area contributed by atoms with Crippen molar-refractivity contribution in [3.05, 3.63) is 73.1 Å². The van der Waals surface area contributed by atoms with E-state index in [1.165, 1.54) is 0 Å². The predicted octanol–water partition coefficient (Wildman–Crippen LogP) is 4.34. The minimum atomic E-state index is 0.599. The van der Waals surface area contributed by atoms with E-state index in [2.05, 4.69) is 38.2 Å². The maximum absolute atomic E-state index is 5.17. The first-order chi connectivity index (χ1) is 8.45. The third kappa shape index (κ3) is 9.06. The molecule has 1 nitrogen and oxygen atoms in total. The van der Waals surface area contributed by atoms with Gasteiger partial charge in [-0.25, -0.2) is 0 Å². The Hall–Kier alpha value is -2.20. The molecule has 18 heavy (non-hydrogen) atoms. The molecule has 0 aromatic rings. The number of rotatable bonds is 6. The lowest BCUT2D eigenvalue weighted by atomic mass is 10.2. The standard InChI is InChI=1S/C17H20O/c1-7-18-17(6)13-12-16(5)11-10-15(4)9-8-14(2)3/h8-9,12-13H,2,4-7H2,1,3H3/b9-8-,13-12-. The van der Waals surface area contributed by atoms with Crippen LogP contribution >= 0.6 is 0 Å². The Morgan fingerprint density at radius 2 is 1.44 bits per heavy atom. The Labute approximate surface area is 111 Å². The largest absolute Gasteiger partial charge is 0.495 e. The zero-order valence-electron chi connectivity index (χ0n) is 11.3. The van der Waals surface area contributed by atoms with Crippen molar-refractivity contribution >= 4 is 0 Å². The molecule has 0 N–H and O–H groups in total. The molecule has 0 aliphatic rings. The highest BCUT2D eigenvalue weighted by Crippen LogP contribution is 2.00. The van der Waals surface area contributed by atoms with E-state index in [-0.39, 0.29) is 0 Å². The number of ether oxygens (including phenoxy) is 1. The Morgan fingerprint density at radius 1 is 0.944 bits per heavy atom. The fraction of sp³-hybridized carbons (Fsp3) is 0.176. The van der Waals surface area contributed by atoms with E-state index in [9.17, 15) is 0 Å². The normalized spacial score (nSPS) is 9.89. The topological polar surface area (TPSA) is 9.23 Å². The second kappa shape index (κ2) is 8.90. The molecule has 0 rings (SSSR count). The highest BCUT2D eigenvalue weighted by molar-refractivity contribution is 5.46. The van der Waals surface area contributed by atoms with Crippen molar-refractivity contribution in [3.8, 4) is 11.8 Å². The lowest BCUT2D eigenvalue weighted by Gasteiger charge is -1.99. The highest BCUT2D eigenvalue weighted by Gasteiger charge is 1.86. The van der Waals surface area contributed by atoms with Crippen LogP contribution in [-0.2, 0) is 4.74 Å². The van der Waals surface area contributed by atoms with Crippen molar-refractivity contribution in [2.24, 2.45) is 0 Å². The summed E-state index contributed by atoms with van der Waals surface area (Å²) in [6.07, 6.45) is 7.20. The maximum Gasteiger partial charge on any atom is 0.112 e. The van der Waals surface area contributed by atoms with E-state index < -0.39 is 0 Å². The Balaban J connectivity index is 4.37. The Kier molecular flexibility index (Phi) is 7.81. The van der Waals surface area contributed by atoms with E-state index in [0.717, 1.165) is 11.1 Å². The van der Waals surface area contributed by atoms with Gasteiger partial charge in [0, 0.05) is 11.1 Å². The molecule has 0 amide bonds. The molecule has 0 unspecified atom stereocenters. The molecule has 0 saturated carbocycles. The van der Waals surface area contributed by atoms with Crippen LogP contribution in [0.25, 0.3) is 0 Å². The summed E-state index contributed by atoms with van der Waals surface area (Å²) in [5.74, 6) is 6.39. The van der Waals surface area contributed by atoms with Crippen molar-refractivity contribution < 1.29 is 4.74 Å². The first-order valence-electron chi connectivity index (χ1n) is 5.69. The molecule has 0 aliphatic carbocycles. The van der Waals surface area contributed by atoms with Crippen LogP contribution in [0.2, 0.25) is 0 Å². The summed E-state index contributed by atoms with van der Waals surface area (Å²) in [4.78, 5) is 0. The summed E-state index contributed by atoms with van der Waals surface area (Å²) in [5.41, 5.74) is 2.36. The fourth-order valence-corrected chi connectivity index (χ4v) is 0.914. The van der Waals surface area contributed by atoms with Crippen LogP contribution in [0.15, 0.2) is 73.1 Å². The summed E-state index contributed by atoms with van der Waals surface area (Å²) >= 11 is 0. The molecule has 0 atom stereocenters. The first kappa shape index (κ1) is 15.8. The van der Waals surface area contributed by atoms with E-state index in [1.54, 1.807) is 12.2 Å². The molecule has 0 aromatic heterocycles. The van der Waals surface area contributed by atoms with Gasteiger partial charge >= 0.3 is 0 Å². The molecule has 0 spiro atoms. The van der Waals surface area contributed by atoms with Crippen LogP contribution in [0.1, 0.15) is 13.8 Å². The van der Waals surface area contributed by atoms with Gasteiger partial charge < -0.3 is 4.74 Å². The lowest BCUT2D eigenvalue weighted by Crippen LogP contribution is -1.85. The van der Waals surface area contributed by atoms with Crippen LogP contribution in [0.3, 0.4) is 0 Å². The van der Waals surface area contributed by atoms with Gasteiger partial charge in [0.2, 0.25) is 0 Å². The van der Waals surface area contributed by atoms with Gasteiger partial charge in [-0.05, 0) is 32.1 Å². The minimum Gasteiger partial charge on any atom is -0.495 e. The van der Waals surface area contributed by atoms with Crippen molar-refractivity contribution in [2.45, 2.75) is 13.8 Å². The van der Waals surface area contributed by atoms with E-state index in [4.69, 9.17) is 4.74 Å². The molecule has 0 saturated heterocycles. The molecule has 0 fully saturated rings.